The van der Waals surface area contributed by atoms with Gasteiger partial charge in [0.05, 0.1) is 12.3 Å². The van der Waals surface area contributed by atoms with Crippen molar-refractivity contribution in [2.24, 2.45) is 11.1 Å². The molecule has 1 heterocycles. The van der Waals surface area contributed by atoms with Crippen molar-refractivity contribution in [3.63, 3.8) is 0 Å². The molecule has 6 nitrogen and oxygen atoms in total. The van der Waals surface area contributed by atoms with Crippen LogP contribution >= 0.6 is 12.4 Å². The molecule has 142 valence electrons. The highest BCUT2D eigenvalue weighted by Crippen LogP contribution is 2.50. The summed E-state index contributed by atoms with van der Waals surface area (Å²) < 4.78 is 11.1. The highest BCUT2D eigenvalue weighted by molar-refractivity contribution is 6.00. The fourth-order valence-electron chi connectivity index (χ4n) is 3.35. The lowest BCUT2D eigenvalue weighted by molar-refractivity contribution is -0.166. The van der Waals surface area contributed by atoms with Crippen LogP contribution in [0.3, 0.4) is 0 Å². The number of carbonyl (C=O) groups is 1. The molecule has 2 aromatic rings. The molecule has 1 amide bonds. The molecule has 1 fully saturated rings. The lowest BCUT2D eigenvalue weighted by Gasteiger charge is -2.57. The van der Waals surface area contributed by atoms with Gasteiger partial charge >= 0.3 is 0 Å². The quantitative estimate of drug-likeness (QED) is 0.829. The number of hydrogen-bond acceptors (Lipinski definition) is 5. The molecule has 0 spiro atoms. The Bertz CT molecular complexity index is 776. The summed E-state index contributed by atoms with van der Waals surface area (Å²) in [7, 11) is 0. The van der Waals surface area contributed by atoms with Crippen molar-refractivity contribution >= 4 is 24.0 Å². The van der Waals surface area contributed by atoms with Gasteiger partial charge in [-0.2, -0.15) is 0 Å². The van der Waals surface area contributed by atoms with E-state index in [0.29, 0.717) is 24.6 Å². The molecule has 0 radical (unpaired) electrons. The third-order valence-corrected chi connectivity index (χ3v) is 5.39. The van der Waals surface area contributed by atoms with Crippen LogP contribution in [0.15, 0.2) is 35.1 Å². The molecule has 1 aromatic heterocycles. The van der Waals surface area contributed by atoms with Gasteiger partial charge in [0.1, 0.15) is 11.8 Å². The average Bonchev–Trinajstić information content (AvgIpc) is 3.10. The lowest BCUT2D eigenvalue weighted by Crippen LogP contribution is -2.74. The number of benzene rings is 1. The highest BCUT2D eigenvalue weighted by atomic mass is 35.5. The molecule has 1 saturated carbocycles. The van der Waals surface area contributed by atoms with Crippen LogP contribution in [0, 0.1) is 12.3 Å². The summed E-state index contributed by atoms with van der Waals surface area (Å²) in [6.45, 7) is 8.48. The van der Waals surface area contributed by atoms with E-state index in [1.54, 1.807) is 6.20 Å². The summed E-state index contributed by atoms with van der Waals surface area (Å²) in [5.41, 5.74) is 7.58. The summed E-state index contributed by atoms with van der Waals surface area (Å²) in [4.78, 5) is 17.0. The van der Waals surface area contributed by atoms with Gasteiger partial charge in [-0.25, -0.2) is 4.98 Å². The molecular weight excluding hydrogens is 354 g/mol. The van der Waals surface area contributed by atoms with Gasteiger partial charge in [0.25, 0.3) is 0 Å². The van der Waals surface area contributed by atoms with Crippen molar-refractivity contribution < 1.29 is 13.9 Å². The molecule has 26 heavy (non-hydrogen) atoms. The van der Waals surface area contributed by atoms with Crippen LogP contribution in [0.4, 0.5) is 5.69 Å². The van der Waals surface area contributed by atoms with Crippen LogP contribution in [0.1, 0.15) is 32.8 Å². The standard InChI is InChI=1S/C19H25N3O3.ClH/c1-5-24-15-11-19(20,18(15,3)4)17(23)22-13-7-6-12(2)14(10-13)16-21-8-9-25-16;/h6-10,15H,5,11,20H2,1-4H3,(H,22,23);1H. The second-order valence-corrected chi connectivity index (χ2v) is 7.16. The predicted molar refractivity (Wildman–Crippen MR) is 103 cm³/mol. The van der Waals surface area contributed by atoms with Gasteiger partial charge in [0.15, 0.2) is 0 Å². The van der Waals surface area contributed by atoms with E-state index in [9.17, 15) is 4.79 Å². The predicted octanol–water partition coefficient (Wildman–Crippen LogP) is 3.54. The Morgan fingerprint density at radius 1 is 1.46 bits per heavy atom. The van der Waals surface area contributed by atoms with Gasteiger partial charge in [0, 0.05) is 29.7 Å². The van der Waals surface area contributed by atoms with E-state index in [-0.39, 0.29) is 24.4 Å². The van der Waals surface area contributed by atoms with E-state index < -0.39 is 11.0 Å². The van der Waals surface area contributed by atoms with Crippen LogP contribution in [0.2, 0.25) is 0 Å². The first-order valence-electron chi connectivity index (χ1n) is 8.52. The zero-order chi connectivity index (χ0) is 18.2. The van der Waals surface area contributed by atoms with Gasteiger partial charge in [-0.15, -0.1) is 12.4 Å². The third kappa shape index (κ3) is 3.24. The van der Waals surface area contributed by atoms with Crippen LogP contribution in [0.25, 0.3) is 11.5 Å². The maximum Gasteiger partial charge on any atom is 0.245 e. The number of nitrogens with zero attached hydrogens (tertiary/aromatic N) is 1. The number of nitrogens with one attached hydrogen (secondary N) is 1. The monoisotopic (exact) mass is 379 g/mol. The lowest BCUT2D eigenvalue weighted by atomic mass is 9.54. The molecule has 3 N–H and O–H groups in total. The molecule has 2 unspecified atom stereocenters. The fourth-order valence-corrected chi connectivity index (χ4v) is 3.35. The number of nitrogens with two attached hydrogens (primary N) is 1. The molecule has 1 aliphatic carbocycles. The number of hydrogen-bond donors (Lipinski definition) is 2. The van der Waals surface area contributed by atoms with Gasteiger partial charge in [0.2, 0.25) is 11.8 Å². The zero-order valence-electron chi connectivity index (χ0n) is 15.5. The van der Waals surface area contributed by atoms with Crippen LogP contribution in [0.5, 0.6) is 0 Å². The van der Waals surface area contributed by atoms with Gasteiger partial charge in [-0.1, -0.05) is 19.9 Å². The van der Waals surface area contributed by atoms with E-state index >= 15 is 0 Å². The minimum atomic E-state index is -0.958. The normalized spacial score (nSPS) is 23.7. The third-order valence-electron chi connectivity index (χ3n) is 5.39. The molecular formula is C19H26ClN3O3. The minimum Gasteiger partial charge on any atom is -0.445 e. The van der Waals surface area contributed by atoms with Crippen molar-refractivity contribution in [2.45, 2.75) is 45.8 Å². The number of aryl methyl sites for hydroxylation is 1. The number of amides is 1. The van der Waals surface area contributed by atoms with Crippen LogP contribution in [-0.4, -0.2) is 29.1 Å². The molecule has 1 aliphatic rings. The fraction of sp³-hybridized carbons (Fsp3) is 0.474. The first-order chi connectivity index (χ1) is 11.8. The number of ether oxygens (including phenoxy) is 1. The first kappa shape index (κ1) is 20.4. The van der Waals surface area contributed by atoms with Gasteiger partial charge in [-0.3, -0.25) is 4.79 Å². The summed E-state index contributed by atoms with van der Waals surface area (Å²) in [6.07, 6.45) is 3.63. The Morgan fingerprint density at radius 3 is 2.77 bits per heavy atom. The Morgan fingerprint density at radius 2 is 2.19 bits per heavy atom. The molecule has 0 aliphatic heterocycles. The average molecular weight is 380 g/mol. The second-order valence-electron chi connectivity index (χ2n) is 7.16. The summed E-state index contributed by atoms with van der Waals surface area (Å²) >= 11 is 0. The van der Waals surface area contributed by atoms with E-state index in [4.69, 9.17) is 14.9 Å². The number of rotatable bonds is 5. The molecule has 1 aromatic carbocycles. The smallest absolute Gasteiger partial charge is 0.245 e. The van der Waals surface area contributed by atoms with Crippen molar-refractivity contribution in [1.82, 2.24) is 4.98 Å². The molecule has 0 saturated heterocycles. The van der Waals surface area contributed by atoms with Crippen molar-refractivity contribution in [3.8, 4) is 11.5 Å². The van der Waals surface area contributed by atoms with E-state index in [1.165, 1.54) is 6.26 Å². The maximum absolute atomic E-state index is 12.8. The molecule has 2 atom stereocenters. The minimum absolute atomic E-state index is 0. The maximum atomic E-state index is 12.8. The Labute approximate surface area is 159 Å². The van der Waals surface area contributed by atoms with Gasteiger partial charge < -0.3 is 20.2 Å². The van der Waals surface area contributed by atoms with Crippen LogP contribution < -0.4 is 11.1 Å². The first-order valence-corrected chi connectivity index (χ1v) is 8.52. The topological polar surface area (TPSA) is 90.4 Å². The summed E-state index contributed by atoms with van der Waals surface area (Å²) in [5.74, 6) is 0.326. The molecule has 3 rings (SSSR count). The van der Waals surface area contributed by atoms with Crippen LogP contribution in [-0.2, 0) is 9.53 Å². The Balaban J connectivity index is 0.00000243. The number of oxazole rings is 1. The van der Waals surface area contributed by atoms with Gasteiger partial charge in [-0.05, 0) is 31.5 Å². The number of aromatic nitrogens is 1. The van der Waals surface area contributed by atoms with E-state index in [2.05, 4.69) is 10.3 Å². The highest BCUT2D eigenvalue weighted by Gasteiger charge is 2.62. The number of halogens is 1. The molecule has 0 bridgehead atoms. The van der Waals surface area contributed by atoms with E-state index in [1.807, 2.05) is 45.9 Å². The number of carbonyl (C=O) groups excluding carboxylic acids is 1. The zero-order valence-corrected chi connectivity index (χ0v) is 16.4. The molecule has 7 heteroatoms. The van der Waals surface area contributed by atoms with Crippen molar-refractivity contribution in [2.75, 3.05) is 11.9 Å². The largest absolute Gasteiger partial charge is 0.445 e. The number of anilines is 1. The Hall–Kier alpha value is -1.89. The second kappa shape index (κ2) is 7.39. The van der Waals surface area contributed by atoms with Crippen molar-refractivity contribution in [1.29, 1.82) is 0 Å². The van der Waals surface area contributed by atoms with Crippen molar-refractivity contribution in [3.05, 3.63) is 36.2 Å². The SMILES string of the molecule is CCOC1CC(N)(C(=O)Nc2ccc(C)c(-c3ncco3)c2)C1(C)C.Cl. The van der Waals surface area contributed by atoms with E-state index in [0.717, 1.165) is 11.1 Å². The Kier molecular flexibility index (Phi) is 5.80. The summed E-state index contributed by atoms with van der Waals surface area (Å²) in [6, 6.07) is 5.64. The summed E-state index contributed by atoms with van der Waals surface area (Å²) in [5, 5.41) is 2.94.